The Bertz CT molecular complexity index is 408. The predicted molar refractivity (Wildman–Crippen MR) is 58.5 cm³/mol. The second-order valence-corrected chi connectivity index (χ2v) is 3.81. The van der Waals surface area contributed by atoms with Crippen LogP contribution < -0.4 is 0 Å². The number of rotatable bonds is 3. The van der Waals surface area contributed by atoms with E-state index in [2.05, 4.69) is 0 Å². The fraction of sp³-hybridized carbons (Fsp3) is 0.308. The van der Waals surface area contributed by atoms with Crippen molar-refractivity contribution in [2.24, 2.45) is 0 Å². The van der Waals surface area contributed by atoms with Gasteiger partial charge in [0.1, 0.15) is 5.76 Å². The number of hydrogen-bond acceptors (Lipinski definition) is 2. The maximum atomic E-state index is 11.2. The Hall–Kier alpha value is -1.57. The summed E-state index contributed by atoms with van der Waals surface area (Å²) in [6, 6.07) is 3.85. The lowest BCUT2D eigenvalue weighted by Gasteiger charge is -2.10. The van der Waals surface area contributed by atoms with Crippen LogP contribution in [0.4, 0.5) is 0 Å². The standard InChI is InChI=1S/C13H14O2/c1-10(14)12-5-2-4-11(8-12)9-13-6-3-7-15-13/h3,5-8H,2,4,9H2,1H3. The molecule has 1 heterocycles. The van der Waals surface area contributed by atoms with Gasteiger partial charge in [-0.3, -0.25) is 4.79 Å². The van der Waals surface area contributed by atoms with Gasteiger partial charge >= 0.3 is 0 Å². The minimum Gasteiger partial charge on any atom is -0.469 e. The van der Waals surface area contributed by atoms with Crippen molar-refractivity contribution in [2.75, 3.05) is 0 Å². The van der Waals surface area contributed by atoms with Crippen molar-refractivity contribution >= 4 is 5.78 Å². The molecule has 1 aliphatic rings. The van der Waals surface area contributed by atoms with E-state index in [0.29, 0.717) is 0 Å². The maximum Gasteiger partial charge on any atom is 0.159 e. The summed E-state index contributed by atoms with van der Waals surface area (Å²) in [7, 11) is 0. The normalized spacial score (nSPS) is 15.8. The third-order valence-electron chi connectivity index (χ3n) is 2.58. The molecule has 1 aliphatic carbocycles. The van der Waals surface area contributed by atoms with Crippen LogP contribution >= 0.6 is 0 Å². The molecule has 2 nitrogen and oxygen atoms in total. The summed E-state index contributed by atoms with van der Waals surface area (Å²) in [6.07, 6.45) is 8.49. The van der Waals surface area contributed by atoms with E-state index in [4.69, 9.17) is 4.42 Å². The third-order valence-corrected chi connectivity index (χ3v) is 2.58. The molecule has 1 aromatic heterocycles. The Balaban J connectivity index is 2.10. The highest BCUT2D eigenvalue weighted by atomic mass is 16.3. The second kappa shape index (κ2) is 4.30. The van der Waals surface area contributed by atoms with Gasteiger partial charge in [0.2, 0.25) is 0 Å². The van der Waals surface area contributed by atoms with Crippen LogP contribution in [-0.4, -0.2) is 5.78 Å². The van der Waals surface area contributed by atoms with E-state index in [-0.39, 0.29) is 5.78 Å². The molecular weight excluding hydrogens is 188 g/mol. The summed E-state index contributed by atoms with van der Waals surface area (Å²) in [5, 5.41) is 0. The smallest absolute Gasteiger partial charge is 0.159 e. The SMILES string of the molecule is CC(=O)C1=CCCC(Cc2ccco2)=C1. The van der Waals surface area contributed by atoms with E-state index in [1.165, 1.54) is 5.57 Å². The zero-order valence-electron chi connectivity index (χ0n) is 8.82. The minimum atomic E-state index is 0.145. The van der Waals surface area contributed by atoms with E-state index in [0.717, 1.165) is 30.6 Å². The van der Waals surface area contributed by atoms with Gasteiger partial charge in [0, 0.05) is 12.0 Å². The van der Waals surface area contributed by atoms with E-state index in [9.17, 15) is 4.79 Å². The molecule has 1 aromatic rings. The highest BCUT2D eigenvalue weighted by molar-refractivity contribution is 5.96. The first-order chi connectivity index (χ1) is 7.25. The van der Waals surface area contributed by atoms with Gasteiger partial charge < -0.3 is 4.42 Å². The first-order valence-corrected chi connectivity index (χ1v) is 5.18. The lowest BCUT2D eigenvalue weighted by atomic mass is 9.95. The molecule has 0 aromatic carbocycles. The average Bonchev–Trinajstić information content (AvgIpc) is 2.71. The van der Waals surface area contributed by atoms with Gasteiger partial charge in [-0.15, -0.1) is 0 Å². The molecule has 2 rings (SSSR count). The minimum absolute atomic E-state index is 0.145. The number of furan rings is 1. The molecule has 0 saturated heterocycles. The summed E-state index contributed by atoms with van der Waals surface area (Å²) < 4.78 is 5.29. The summed E-state index contributed by atoms with van der Waals surface area (Å²) in [6.45, 7) is 1.61. The van der Waals surface area contributed by atoms with Crippen molar-refractivity contribution in [1.82, 2.24) is 0 Å². The van der Waals surface area contributed by atoms with Gasteiger partial charge in [-0.05, 0) is 31.9 Å². The molecule has 0 radical (unpaired) electrons. The van der Waals surface area contributed by atoms with E-state index in [1.807, 2.05) is 24.3 Å². The van der Waals surface area contributed by atoms with Gasteiger partial charge in [0.25, 0.3) is 0 Å². The Morgan fingerprint density at radius 1 is 1.53 bits per heavy atom. The molecular formula is C13H14O2. The van der Waals surface area contributed by atoms with Gasteiger partial charge in [-0.2, -0.15) is 0 Å². The van der Waals surface area contributed by atoms with Crippen molar-refractivity contribution in [1.29, 1.82) is 0 Å². The van der Waals surface area contributed by atoms with Gasteiger partial charge in [-0.25, -0.2) is 0 Å². The lowest BCUT2D eigenvalue weighted by molar-refractivity contribution is -0.113. The van der Waals surface area contributed by atoms with Gasteiger partial charge in [0.05, 0.1) is 6.26 Å². The van der Waals surface area contributed by atoms with Crippen molar-refractivity contribution < 1.29 is 9.21 Å². The molecule has 15 heavy (non-hydrogen) atoms. The van der Waals surface area contributed by atoms with Crippen LogP contribution in [0.25, 0.3) is 0 Å². The topological polar surface area (TPSA) is 30.2 Å². The Morgan fingerprint density at radius 3 is 3.07 bits per heavy atom. The zero-order chi connectivity index (χ0) is 10.7. The van der Waals surface area contributed by atoms with Crippen LogP contribution in [0, 0.1) is 0 Å². The molecule has 0 fully saturated rings. The van der Waals surface area contributed by atoms with Gasteiger partial charge in [-0.1, -0.05) is 17.7 Å². The fourth-order valence-corrected chi connectivity index (χ4v) is 1.79. The zero-order valence-corrected chi connectivity index (χ0v) is 8.82. The summed E-state index contributed by atoms with van der Waals surface area (Å²) in [5.74, 6) is 1.11. The number of allylic oxidation sites excluding steroid dienone is 4. The van der Waals surface area contributed by atoms with E-state index < -0.39 is 0 Å². The maximum absolute atomic E-state index is 11.2. The predicted octanol–water partition coefficient (Wildman–Crippen LogP) is 3.06. The van der Waals surface area contributed by atoms with Crippen molar-refractivity contribution in [3.63, 3.8) is 0 Å². The number of hydrogen-bond donors (Lipinski definition) is 0. The first kappa shape index (κ1) is 9.97. The molecule has 0 N–H and O–H groups in total. The van der Waals surface area contributed by atoms with Crippen LogP contribution in [0.3, 0.4) is 0 Å². The lowest BCUT2D eigenvalue weighted by Crippen LogP contribution is -2.01. The highest BCUT2D eigenvalue weighted by Gasteiger charge is 2.10. The summed E-state index contributed by atoms with van der Waals surface area (Å²) in [4.78, 5) is 11.2. The Labute approximate surface area is 89.3 Å². The van der Waals surface area contributed by atoms with Crippen LogP contribution in [0.2, 0.25) is 0 Å². The molecule has 0 unspecified atom stereocenters. The third kappa shape index (κ3) is 2.46. The number of carbonyl (C=O) groups is 1. The number of ketones is 1. The van der Waals surface area contributed by atoms with Crippen LogP contribution in [0.15, 0.2) is 46.1 Å². The van der Waals surface area contributed by atoms with Crippen LogP contribution in [-0.2, 0) is 11.2 Å². The largest absolute Gasteiger partial charge is 0.469 e. The average molecular weight is 202 g/mol. The summed E-state index contributed by atoms with van der Waals surface area (Å²) in [5.41, 5.74) is 2.11. The molecule has 2 heteroatoms. The monoisotopic (exact) mass is 202 g/mol. The quantitative estimate of drug-likeness (QED) is 0.754. The molecule has 0 atom stereocenters. The molecule has 0 aliphatic heterocycles. The van der Waals surface area contributed by atoms with Crippen molar-refractivity contribution in [2.45, 2.75) is 26.2 Å². The Kier molecular flexibility index (Phi) is 2.86. The van der Waals surface area contributed by atoms with E-state index in [1.54, 1.807) is 13.2 Å². The highest BCUT2D eigenvalue weighted by Crippen LogP contribution is 2.21. The van der Waals surface area contributed by atoms with Crippen molar-refractivity contribution in [3.8, 4) is 0 Å². The van der Waals surface area contributed by atoms with Crippen LogP contribution in [0.5, 0.6) is 0 Å². The Morgan fingerprint density at radius 2 is 2.40 bits per heavy atom. The molecule has 0 bridgehead atoms. The molecule has 0 saturated carbocycles. The van der Waals surface area contributed by atoms with Gasteiger partial charge in [0.15, 0.2) is 5.78 Å². The van der Waals surface area contributed by atoms with Crippen molar-refractivity contribution in [3.05, 3.63) is 47.5 Å². The van der Waals surface area contributed by atoms with Crippen LogP contribution in [0.1, 0.15) is 25.5 Å². The van der Waals surface area contributed by atoms with E-state index >= 15 is 0 Å². The summed E-state index contributed by atoms with van der Waals surface area (Å²) >= 11 is 0. The second-order valence-electron chi connectivity index (χ2n) is 3.81. The molecule has 78 valence electrons. The molecule has 0 amide bonds. The number of Topliss-reactive ketones (excluding diaryl/α,β-unsaturated/α-hetero) is 1. The molecule has 0 spiro atoms. The number of carbonyl (C=O) groups excluding carboxylic acids is 1. The fourth-order valence-electron chi connectivity index (χ4n) is 1.79. The first-order valence-electron chi connectivity index (χ1n) is 5.18.